The van der Waals surface area contributed by atoms with Gasteiger partial charge in [-0.05, 0) is 28.1 Å². The fraction of sp³-hybridized carbons (Fsp3) is 0. The summed E-state index contributed by atoms with van der Waals surface area (Å²) in [6.07, 6.45) is 2.75. The van der Waals surface area contributed by atoms with E-state index in [1.807, 2.05) is 0 Å². The monoisotopic (exact) mass is 407 g/mol. The Morgan fingerprint density at radius 3 is 2.08 bits per heavy atom. The zero-order valence-electron chi connectivity index (χ0n) is 12.0. The summed E-state index contributed by atoms with van der Waals surface area (Å²) in [6, 6.07) is 4.35. The number of halogens is 1. The van der Waals surface area contributed by atoms with E-state index in [-0.39, 0.29) is 27.2 Å². The summed E-state index contributed by atoms with van der Waals surface area (Å²) in [5.74, 6) is 0.0702. The number of ether oxygens (including phenoxy) is 1. The average Bonchev–Trinajstić information content (AvgIpc) is 2.73. The third kappa shape index (κ3) is 2.92. The van der Waals surface area contributed by atoms with Crippen molar-refractivity contribution in [1.82, 2.24) is 0 Å². The number of non-ortho nitro benzene ring substituents is 2. The van der Waals surface area contributed by atoms with Gasteiger partial charge in [0.15, 0.2) is 0 Å². The summed E-state index contributed by atoms with van der Waals surface area (Å²) in [5.41, 5.74) is -0.875. The lowest BCUT2D eigenvalue weighted by Crippen LogP contribution is -1.98. The standard InChI is InChI=1S/C14H6BrN3O7/c15-11-4-8(16(19)20)3-7-1-2-10-12(18(23)24)5-9(17(21)22)6-13(10)25-14(7)11/h1-6H. The van der Waals surface area contributed by atoms with E-state index in [2.05, 4.69) is 15.9 Å². The minimum Gasteiger partial charge on any atom is -0.454 e. The fourth-order valence-electron chi connectivity index (χ4n) is 2.33. The molecular formula is C14H6BrN3O7. The third-order valence-corrected chi connectivity index (χ3v) is 4.01. The molecule has 0 amide bonds. The molecule has 10 nitrogen and oxygen atoms in total. The quantitative estimate of drug-likeness (QED) is 0.461. The largest absolute Gasteiger partial charge is 0.454 e. The summed E-state index contributed by atoms with van der Waals surface area (Å²) >= 11 is 3.15. The van der Waals surface area contributed by atoms with Gasteiger partial charge in [-0.2, -0.15) is 0 Å². The molecule has 0 atom stereocenters. The number of fused-ring (bicyclic) bond motifs is 2. The van der Waals surface area contributed by atoms with Crippen LogP contribution in [0.2, 0.25) is 0 Å². The van der Waals surface area contributed by atoms with Crippen LogP contribution in [-0.4, -0.2) is 14.8 Å². The van der Waals surface area contributed by atoms with Crippen molar-refractivity contribution in [3.05, 3.63) is 70.2 Å². The van der Waals surface area contributed by atoms with Gasteiger partial charge in [0.1, 0.15) is 11.5 Å². The van der Waals surface area contributed by atoms with Gasteiger partial charge in [0.25, 0.3) is 17.1 Å². The average molecular weight is 408 g/mol. The molecule has 1 heterocycles. The molecule has 3 rings (SSSR count). The van der Waals surface area contributed by atoms with E-state index < -0.39 is 26.1 Å². The molecule has 0 saturated heterocycles. The highest BCUT2D eigenvalue weighted by atomic mass is 79.9. The predicted octanol–water partition coefficient (Wildman–Crippen LogP) is 4.45. The Bertz CT molecular complexity index is 987. The first-order valence-corrected chi connectivity index (χ1v) is 7.38. The van der Waals surface area contributed by atoms with Crippen LogP contribution in [0.4, 0.5) is 17.1 Å². The summed E-state index contributed by atoms with van der Waals surface area (Å²) in [4.78, 5) is 31.1. The summed E-state index contributed by atoms with van der Waals surface area (Å²) in [7, 11) is 0. The smallest absolute Gasteiger partial charge is 0.287 e. The number of rotatable bonds is 3. The number of hydrogen-bond acceptors (Lipinski definition) is 7. The number of nitro groups is 3. The first-order valence-electron chi connectivity index (χ1n) is 6.58. The zero-order valence-corrected chi connectivity index (χ0v) is 13.6. The van der Waals surface area contributed by atoms with Crippen molar-refractivity contribution >= 4 is 45.1 Å². The van der Waals surface area contributed by atoms with Gasteiger partial charge >= 0.3 is 0 Å². The van der Waals surface area contributed by atoms with Crippen LogP contribution >= 0.6 is 15.9 Å². The van der Waals surface area contributed by atoms with Crippen molar-refractivity contribution in [1.29, 1.82) is 0 Å². The maximum absolute atomic E-state index is 11.2. The van der Waals surface area contributed by atoms with Crippen LogP contribution in [0, 0.1) is 30.3 Å². The SMILES string of the molecule is O=[N+]([O-])c1cc(Br)c2c(c1)C=Cc1c(cc([N+](=O)[O-])cc1[N+](=O)[O-])O2. The van der Waals surface area contributed by atoms with Crippen LogP contribution < -0.4 is 4.74 Å². The van der Waals surface area contributed by atoms with Crippen LogP contribution in [0.1, 0.15) is 11.1 Å². The van der Waals surface area contributed by atoms with E-state index in [0.717, 1.165) is 12.1 Å². The van der Waals surface area contributed by atoms with E-state index in [4.69, 9.17) is 4.74 Å². The number of nitro benzene ring substituents is 3. The van der Waals surface area contributed by atoms with Crippen LogP contribution in [0.5, 0.6) is 11.5 Å². The van der Waals surface area contributed by atoms with Crippen LogP contribution in [0.25, 0.3) is 12.2 Å². The lowest BCUT2D eigenvalue weighted by atomic mass is 10.1. The second-order valence-electron chi connectivity index (χ2n) is 4.93. The van der Waals surface area contributed by atoms with Crippen LogP contribution in [-0.2, 0) is 0 Å². The highest BCUT2D eigenvalue weighted by molar-refractivity contribution is 9.10. The molecule has 0 bridgehead atoms. The number of nitrogens with zero attached hydrogens (tertiary/aromatic N) is 3. The van der Waals surface area contributed by atoms with Gasteiger partial charge in [-0.25, -0.2) is 0 Å². The molecule has 11 heteroatoms. The van der Waals surface area contributed by atoms with Gasteiger partial charge in [-0.1, -0.05) is 0 Å². The summed E-state index contributed by atoms with van der Waals surface area (Å²) in [5, 5.41) is 33.2. The van der Waals surface area contributed by atoms with E-state index >= 15 is 0 Å². The number of hydrogen-bond donors (Lipinski definition) is 0. The molecule has 0 unspecified atom stereocenters. The van der Waals surface area contributed by atoms with Gasteiger partial charge < -0.3 is 4.74 Å². The molecule has 2 aromatic rings. The molecule has 0 aliphatic carbocycles. The van der Waals surface area contributed by atoms with Crippen molar-refractivity contribution in [3.8, 4) is 11.5 Å². The van der Waals surface area contributed by atoms with E-state index in [1.54, 1.807) is 0 Å². The second kappa shape index (κ2) is 5.94. The molecule has 0 fully saturated rings. The maximum Gasteiger partial charge on any atom is 0.287 e. The van der Waals surface area contributed by atoms with Gasteiger partial charge in [0.05, 0.1) is 36.9 Å². The lowest BCUT2D eigenvalue weighted by Gasteiger charge is -2.10. The van der Waals surface area contributed by atoms with Crippen molar-refractivity contribution in [2.75, 3.05) is 0 Å². The first-order chi connectivity index (χ1) is 11.8. The Balaban J connectivity index is 2.25. The fourth-order valence-corrected chi connectivity index (χ4v) is 2.87. The Kier molecular flexibility index (Phi) is 3.93. The molecular weight excluding hydrogens is 402 g/mol. The molecule has 0 saturated carbocycles. The molecule has 0 aromatic heterocycles. The molecule has 0 N–H and O–H groups in total. The molecule has 2 aromatic carbocycles. The Labute approximate surface area is 146 Å². The Morgan fingerprint density at radius 1 is 0.840 bits per heavy atom. The van der Waals surface area contributed by atoms with E-state index in [0.29, 0.717) is 5.56 Å². The van der Waals surface area contributed by atoms with Crippen molar-refractivity contribution in [2.24, 2.45) is 0 Å². The topological polar surface area (TPSA) is 139 Å². The highest BCUT2D eigenvalue weighted by Gasteiger charge is 2.27. The van der Waals surface area contributed by atoms with Gasteiger partial charge in [0, 0.05) is 17.7 Å². The number of benzene rings is 2. The predicted molar refractivity (Wildman–Crippen MR) is 89.5 cm³/mol. The zero-order chi connectivity index (χ0) is 18.3. The minimum atomic E-state index is -0.767. The highest BCUT2D eigenvalue weighted by Crippen LogP contribution is 2.44. The third-order valence-electron chi connectivity index (χ3n) is 3.42. The first kappa shape index (κ1) is 16.5. The maximum atomic E-state index is 11.2. The van der Waals surface area contributed by atoms with Crippen LogP contribution in [0.15, 0.2) is 28.7 Å². The van der Waals surface area contributed by atoms with Crippen LogP contribution in [0.3, 0.4) is 0 Å². The Morgan fingerprint density at radius 2 is 1.48 bits per heavy atom. The van der Waals surface area contributed by atoms with Gasteiger partial charge in [-0.3, -0.25) is 30.3 Å². The summed E-state index contributed by atoms with van der Waals surface area (Å²) < 4.78 is 5.85. The van der Waals surface area contributed by atoms with Crippen molar-refractivity contribution in [3.63, 3.8) is 0 Å². The van der Waals surface area contributed by atoms with Crippen molar-refractivity contribution in [2.45, 2.75) is 0 Å². The molecule has 25 heavy (non-hydrogen) atoms. The second-order valence-corrected chi connectivity index (χ2v) is 5.78. The van der Waals surface area contributed by atoms with E-state index in [1.165, 1.54) is 24.3 Å². The minimum absolute atomic E-state index is 0.0290. The van der Waals surface area contributed by atoms with Gasteiger partial charge in [0.2, 0.25) is 0 Å². The summed E-state index contributed by atoms with van der Waals surface area (Å²) in [6.45, 7) is 0. The molecule has 0 spiro atoms. The molecule has 1 aliphatic rings. The lowest BCUT2D eigenvalue weighted by molar-refractivity contribution is -0.394. The van der Waals surface area contributed by atoms with Crippen molar-refractivity contribution < 1.29 is 19.5 Å². The Hall–Kier alpha value is -3.34. The molecule has 0 radical (unpaired) electrons. The molecule has 1 aliphatic heterocycles. The molecule has 126 valence electrons. The van der Waals surface area contributed by atoms with Gasteiger partial charge in [-0.15, -0.1) is 0 Å². The normalized spacial score (nSPS) is 11.7. The van der Waals surface area contributed by atoms with E-state index in [9.17, 15) is 30.3 Å².